The van der Waals surface area contributed by atoms with E-state index in [-0.39, 0.29) is 11.5 Å². The van der Waals surface area contributed by atoms with Crippen LogP contribution in [0.5, 0.6) is 0 Å². The molecule has 0 unspecified atom stereocenters. The van der Waals surface area contributed by atoms with Crippen LogP contribution in [0.25, 0.3) is 21.1 Å². The fourth-order valence-corrected chi connectivity index (χ4v) is 5.71. The van der Waals surface area contributed by atoms with Crippen LogP contribution in [0, 0.1) is 0 Å². The van der Waals surface area contributed by atoms with Gasteiger partial charge in [-0.15, -0.1) is 0 Å². The number of benzene rings is 3. The zero-order valence-corrected chi connectivity index (χ0v) is 17.3. The number of fused-ring (bicyclic) bond motifs is 4. The first kappa shape index (κ1) is 17.5. The van der Waals surface area contributed by atoms with E-state index in [2.05, 4.69) is 88.1 Å². The third kappa shape index (κ3) is 2.53. The Morgan fingerprint density at radius 1 is 1.10 bits per heavy atom. The highest BCUT2D eigenvalue weighted by Gasteiger charge is 2.40. The summed E-state index contributed by atoms with van der Waals surface area (Å²) in [6.07, 6.45) is 2.89. The number of nitrogens with two attached hydrogens (primary N) is 1. The second kappa shape index (κ2) is 6.31. The number of anilines is 2. The van der Waals surface area contributed by atoms with Crippen LogP contribution in [-0.2, 0) is 5.41 Å². The lowest BCUT2D eigenvalue weighted by molar-refractivity contribution is 0.463. The quantitative estimate of drug-likeness (QED) is 0.352. The summed E-state index contributed by atoms with van der Waals surface area (Å²) >= 11 is 1.54. The van der Waals surface area contributed by atoms with Gasteiger partial charge < -0.3 is 11.1 Å². The van der Waals surface area contributed by atoms with E-state index >= 15 is 0 Å². The van der Waals surface area contributed by atoms with Crippen LogP contribution in [0.1, 0.15) is 36.1 Å². The Bertz CT molecular complexity index is 1390. The number of hydrogen-bond donors (Lipinski definition) is 3. The number of thiazole rings is 1. The fraction of sp³-hybridized carbons (Fsp3) is 0.167. The molecule has 0 bridgehead atoms. The van der Waals surface area contributed by atoms with Crippen molar-refractivity contribution in [2.24, 2.45) is 0 Å². The average molecular weight is 412 g/mol. The molecule has 0 radical (unpaired) electrons. The Kier molecular flexibility index (Phi) is 3.67. The Hall–Kier alpha value is -3.38. The number of nitrogens with zero attached hydrogens (tertiary/aromatic N) is 2. The van der Waals surface area contributed by atoms with Crippen molar-refractivity contribution < 1.29 is 0 Å². The topological polar surface area (TPSA) is 79.6 Å². The molecule has 5 nitrogen and oxygen atoms in total. The van der Waals surface area contributed by atoms with Gasteiger partial charge in [0.2, 0.25) is 0 Å². The summed E-state index contributed by atoms with van der Waals surface area (Å²) in [4.78, 5) is 4.41. The van der Waals surface area contributed by atoms with Crippen LogP contribution < -0.4 is 11.1 Å². The molecule has 2 aromatic heterocycles. The van der Waals surface area contributed by atoms with E-state index in [1.54, 1.807) is 11.3 Å². The van der Waals surface area contributed by atoms with Gasteiger partial charge in [0.1, 0.15) is 0 Å². The van der Waals surface area contributed by atoms with Crippen molar-refractivity contribution in [3.63, 3.8) is 0 Å². The van der Waals surface area contributed by atoms with E-state index in [1.165, 1.54) is 22.1 Å². The monoisotopic (exact) mass is 411 g/mol. The zero-order chi connectivity index (χ0) is 20.3. The number of H-pyrrole nitrogens is 1. The second-order valence-electron chi connectivity index (χ2n) is 8.20. The highest BCUT2D eigenvalue weighted by Crippen LogP contribution is 2.50. The number of nitrogen functional groups attached to an aromatic ring is 1. The van der Waals surface area contributed by atoms with E-state index in [0.717, 1.165) is 27.8 Å². The normalized spacial score (nSPS) is 20.9. The molecular weight excluding hydrogens is 390 g/mol. The number of aromatic nitrogens is 3. The van der Waals surface area contributed by atoms with Crippen LogP contribution in [0.15, 0.2) is 66.9 Å². The predicted molar refractivity (Wildman–Crippen MR) is 124 cm³/mol. The van der Waals surface area contributed by atoms with E-state index in [4.69, 9.17) is 5.73 Å². The van der Waals surface area contributed by atoms with Crippen molar-refractivity contribution in [2.75, 3.05) is 11.1 Å². The standard InChI is InChI=1S/C24H21N5S/c1-24(15-5-3-2-4-6-15)12-20(14-7-8-18-21(11-14)30-23(25)28-18)27-19-10-9-17-16(22(19)24)13-26-29-17/h2-11,13,20,27H,12H2,1H3,(H2,25,28)(H,26,29)/t20-,24+/m1/s1. The van der Waals surface area contributed by atoms with Crippen LogP contribution in [0.3, 0.4) is 0 Å². The summed E-state index contributed by atoms with van der Waals surface area (Å²) < 4.78 is 1.13. The summed E-state index contributed by atoms with van der Waals surface area (Å²) in [6, 6.07) is 21.7. The van der Waals surface area contributed by atoms with Gasteiger partial charge >= 0.3 is 0 Å². The van der Waals surface area contributed by atoms with Crippen molar-refractivity contribution >= 4 is 43.3 Å². The maximum absolute atomic E-state index is 5.93. The molecule has 6 heteroatoms. The molecule has 0 aliphatic carbocycles. The molecule has 6 rings (SSSR count). The van der Waals surface area contributed by atoms with Crippen LogP contribution in [0.2, 0.25) is 0 Å². The summed E-state index contributed by atoms with van der Waals surface area (Å²) in [5.41, 5.74) is 12.8. The lowest BCUT2D eigenvalue weighted by atomic mass is 9.67. The molecule has 0 amide bonds. The Balaban J connectivity index is 1.55. The molecule has 1 aliphatic heterocycles. The Morgan fingerprint density at radius 2 is 1.97 bits per heavy atom. The Labute approximate surface area is 178 Å². The summed E-state index contributed by atoms with van der Waals surface area (Å²) in [5, 5.41) is 13.0. The molecule has 0 fully saturated rings. The third-order valence-electron chi connectivity index (χ3n) is 6.36. The largest absolute Gasteiger partial charge is 0.378 e. The van der Waals surface area contributed by atoms with Gasteiger partial charge in [0, 0.05) is 16.5 Å². The minimum atomic E-state index is -0.155. The zero-order valence-electron chi connectivity index (χ0n) is 16.5. The smallest absolute Gasteiger partial charge is 0.181 e. The van der Waals surface area contributed by atoms with Gasteiger partial charge in [0.15, 0.2) is 5.13 Å². The molecule has 2 atom stereocenters. The summed E-state index contributed by atoms with van der Waals surface area (Å²) in [5.74, 6) is 0. The third-order valence-corrected chi connectivity index (χ3v) is 7.21. The van der Waals surface area contributed by atoms with Crippen molar-refractivity contribution in [1.29, 1.82) is 0 Å². The minimum Gasteiger partial charge on any atom is -0.378 e. The van der Waals surface area contributed by atoms with Gasteiger partial charge in [-0.05, 0) is 47.4 Å². The molecule has 1 aliphatic rings. The van der Waals surface area contributed by atoms with Crippen molar-refractivity contribution in [3.8, 4) is 0 Å². The number of hydrogen-bond acceptors (Lipinski definition) is 5. The van der Waals surface area contributed by atoms with Crippen LogP contribution in [0.4, 0.5) is 10.8 Å². The molecule has 0 saturated heterocycles. The van der Waals surface area contributed by atoms with Gasteiger partial charge in [-0.3, -0.25) is 5.10 Å². The summed E-state index contributed by atoms with van der Waals surface area (Å²) in [7, 11) is 0. The second-order valence-corrected chi connectivity index (χ2v) is 9.26. The van der Waals surface area contributed by atoms with Gasteiger partial charge in [0.05, 0.1) is 28.0 Å². The van der Waals surface area contributed by atoms with Crippen molar-refractivity contribution in [2.45, 2.75) is 24.8 Å². The molecule has 0 saturated carbocycles. The van der Waals surface area contributed by atoms with Crippen molar-refractivity contribution in [1.82, 2.24) is 15.2 Å². The van der Waals surface area contributed by atoms with Gasteiger partial charge in [0.25, 0.3) is 0 Å². The first-order valence-corrected chi connectivity index (χ1v) is 10.9. The molecule has 30 heavy (non-hydrogen) atoms. The maximum Gasteiger partial charge on any atom is 0.181 e. The summed E-state index contributed by atoms with van der Waals surface area (Å²) in [6.45, 7) is 2.35. The molecule has 3 heterocycles. The van der Waals surface area contributed by atoms with E-state index in [0.29, 0.717) is 5.13 Å². The molecular formula is C24H21N5S. The first-order chi connectivity index (χ1) is 14.6. The highest BCUT2D eigenvalue weighted by atomic mass is 32.1. The maximum atomic E-state index is 5.93. The van der Waals surface area contributed by atoms with Crippen LogP contribution >= 0.6 is 11.3 Å². The molecule has 148 valence electrons. The first-order valence-electron chi connectivity index (χ1n) is 10.1. The molecule has 3 aromatic carbocycles. The number of rotatable bonds is 2. The minimum absolute atomic E-state index is 0.155. The van der Waals surface area contributed by atoms with Gasteiger partial charge in [-0.25, -0.2) is 4.98 Å². The molecule has 5 aromatic rings. The van der Waals surface area contributed by atoms with E-state index in [9.17, 15) is 0 Å². The average Bonchev–Trinajstić information content (AvgIpc) is 3.38. The van der Waals surface area contributed by atoms with E-state index < -0.39 is 0 Å². The lowest BCUT2D eigenvalue weighted by Crippen LogP contribution is -2.34. The van der Waals surface area contributed by atoms with Crippen LogP contribution in [-0.4, -0.2) is 15.2 Å². The predicted octanol–water partition coefficient (Wildman–Crippen LogP) is 5.62. The highest BCUT2D eigenvalue weighted by molar-refractivity contribution is 7.22. The molecule has 0 spiro atoms. The van der Waals surface area contributed by atoms with Gasteiger partial charge in [-0.2, -0.15) is 5.10 Å². The molecule has 4 N–H and O–H groups in total. The lowest BCUT2D eigenvalue weighted by Gasteiger charge is -2.42. The Morgan fingerprint density at radius 3 is 2.83 bits per heavy atom. The number of aromatic amines is 1. The SMILES string of the molecule is C[C@@]1(c2ccccc2)C[C@H](c2ccc3nc(N)sc3c2)Nc2ccc3[nH]ncc3c21. The fourth-order valence-electron chi connectivity index (χ4n) is 4.93. The van der Waals surface area contributed by atoms with E-state index in [1.807, 2.05) is 6.20 Å². The number of nitrogens with one attached hydrogen (secondary N) is 2. The van der Waals surface area contributed by atoms with Crippen molar-refractivity contribution in [3.05, 3.63) is 83.6 Å². The van der Waals surface area contributed by atoms with Gasteiger partial charge in [-0.1, -0.05) is 54.7 Å².